The number of hydrogen-bond donors (Lipinski definition) is 1. The molecule has 1 aromatic rings. The van der Waals surface area contributed by atoms with Crippen LogP contribution in [0.25, 0.3) is 0 Å². The number of nitrogens with one attached hydrogen (secondary N) is 1. The maximum Gasteiger partial charge on any atom is 0.422 e. The van der Waals surface area contributed by atoms with E-state index in [1.54, 1.807) is 0 Å². The van der Waals surface area contributed by atoms with Crippen LogP contribution in [0, 0.1) is 5.41 Å². The Morgan fingerprint density at radius 1 is 1.15 bits per heavy atom. The molecule has 0 atom stereocenters. The van der Waals surface area contributed by atoms with Crippen LogP contribution in [0.15, 0.2) is 24.3 Å². The Labute approximate surface area is 116 Å². The van der Waals surface area contributed by atoms with Crippen LogP contribution in [0.4, 0.5) is 18.9 Å². The molecule has 0 unspecified atom stereocenters. The molecule has 3 nitrogen and oxygen atoms in total. The molecule has 0 aliphatic rings. The lowest BCUT2D eigenvalue weighted by atomic mass is 9.92. The minimum Gasteiger partial charge on any atom is -0.484 e. The van der Waals surface area contributed by atoms with Gasteiger partial charge in [-0.05, 0) is 29.7 Å². The highest BCUT2D eigenvalue weighted by molar-refractivity contribution is 5.91. The van der Waals surface area contributed by atoms with Gasteiger partial charge in [-0.15, -0.1) is 0 Å². The Hall–Kier alpha value is -1.72. The summed E-state index contributed by atoms with van der Waals surface area (Å²) in [4.78, 5) is 11.7. The van der Waals surface area contributed by atoms with Gasteiger partial charge in [-0.25, -0.2) is 0 Å². The van der Waals surface area contributed by atoms with Crippen molar-refractivity contribution < 1.29 is 22.7 Å². The fraction of sp³-hybridized carbons (Fsp3) is 0.500. The number of rotatable bonds is 4. The highest BCUT2D eigenvalue weighted by atomic mass is 19.4. The van der Waals surface area contributed by atoms with Crippen molar-refractivity contribution in [2.24, 2.45) is 5.41 Å². The van der Waals surface area contributed by atoms with Crippen LogP contribution in [-0.2, 0) is 4.79 Å². The molecular formula is C14H18F3NO2. The van der Waals surface area contributed by atoms with Gasteiger partial charge >= 0.3 is 6.18 Å². The lowest BCUT2D eigenvalue weighted by Gasteiger charge is -2.17. The molecule has 0 saturated heterocycles. The third kappa shape index (κ3) is 7.01. The van der Waals surface area contributed by atoms with Gasteiger partial charge in [-0.2, -0.15) is 13.2 Å². The van der Waals surface area contributed by atoms with E-state index in [1.165, 1.54) is 24.3 Å². The number of halogens is 3. The molecule has 1 rings (SSSR count). The zero-order chi connectivity index (χ0) is 15.4. The molecular weight excluding hydrogens is 271 g/mol. The molecule has 0 fully saturated rings. The molecule has 1 aromatic carbocycles. The molecule has 0 radical (unpaired) electrons. The maximum atomic E-state index is 12.0. The van der Waals surface area contributed by atoms with Crippen LogP contribution in [0.1, 0.15) is 27.2 Å². The Bertz CT molecular complexity index is 447. The number of anilines is 1. The predicted octanol–water partition coefficient (Wildman–Crippen LogP) is 4.00. The number of amides is 1. The standard InChI is InChI=1S/C14H18F3NO2/c1-13(2,3)8-12(19)18-10-4-6-11(7-5-10)20-9-14(15,16)17/h4-7H,8-9H2,1-3H3,(H,18,19). The second kappa shape index (κ2) is 6.15. The molecule has 0 aliphatic heterocycles. The molecule has 0 saturated carbocycles. The lowest BCUT2D eigenvalue weighted by molar-refractivity contribution is -0.153. The highest BCUT2D eigenvalue weighted by Gasteiger charge is 2.28. The molecule has 6 heteroatoms. The monoisotopic (exact) mass is 289 g/mol. The van der Waals surface area contributed by atoms with E-state index in [4.69, 9.17) is 0 Å². The van der Waals surface area contributed by atoms with Gasteiger partial charge in [0.2, 0.25) is 5.91 Å². The summed E-state index contributed by atoms with van der Waals surface area (Å²) in [7, 11) is 0. The first-order valence-corrected chi connectivity index (χ1v) is 6.15. The largest absolute Gasteiger partial charge is 0.484 e. The third-order valence-corrected chi connectivity index (χ3v) is 2.23. The van der Waals surface area contributed by atoms with Crippen molar-refractivity contribution in [1.82, 2.24) is 0 Å². The van der Waals surface area contributed by atoms with E-state index in [1.807, 2.05) is 20.8 Å². The molecule has 0 spiro atoms. The van der Waals surface area contributed by atoms with Crippen molar-refractivity contribution >= 4 is 11.6 Å². The van der Waals surface area contributed by atoms with Crippen molar-refractivity contribution in [1.29, 1.82) is 0 Å². The zero-order valence-corrected chi connectivity index (χ0v) is 11.7. The average Bonchev–Trinajstić information content (AvgIpc) is 2.24. The van der Waals surface area contributed by atoms with Gasteiger partial charge in [-0.1, -0.05) is 20.8 Å². The molecule has 112 valence electrons. The van der Waals surface area contributed by atoms with Crippen LogP contribution in [0.3, 0.4) is 0 Å². The Morgan fingerprint density at radius 3 is 2.15 bits per heavy atom. The summed E-state index contributed by atoms with van der Waals surface area (Å²) in [5.74, 6) is -0.0300. The fourth-order valence-electron chi connectivity index (χ4n) is 1.49. The second-order valence-electron chi connectivity index (χ2n) is 5.71. The Balaban J connectivity index is 2.52. The van der Waals surface area contributed by atoms with E-state index in [9.17, 15) is 18.0 Å². The molecule has 0 aliphatic carbocycles. The van der Waals surface area contributed by atoms with Crippen LogP contribution in [0.5, 0.6) is 5.75 Å². The summed E-state index contributed by atoms with van der Waals surface area (Å²) < 4.78 is 40.5. The number of benzene rings is 1. The molecule has 0 aromatic heterocycles. The third-order valence-electron chi connectivity index (χ3n) is 2.23. The summed E-state index contributed by atoms with van der Waals surface area (Å²) >= 11 is 0. The maximum absolute atomic E-state index is 12.0. The van der Waals surface area contributed by atoms with Gasteiger partial charge in [0, 0.05) is 12.1 Å². The molecule has 1 amide bonds. The first kappa shape index (κ1) is 16.3. The summed E-state index contributed by atoms with van der Waals surface area (Å²) in [5, 5.41) is 2.68. The number of alkyl halides is 3. The topological polar surface area (TPSA) is 38.3 Å². The SMILES string of the molecule is CC(C)(C)CC(=O)Nc1ccc(OCC(F)(F)F)cc1. The van der Waals surface area contributed by atoms with Crippen LogP contribution in [-0.4, -0.2) is 18.7 Å². The van der Waals surface area contributed by atoms with E-state index in [2.05, 4.69) is 10.1 Å². The summed E-state index contributed by atoms with van der Waals surface area (Å²) in [6.45, 7) is 4.50. The normalized spacial score (nSPS) is 12.1. The van der Waals surface area contributed by atoms with Crippen LogP contribution < -0.4 is 10.1 Å². The quantitative estimate of drug-likeness (QED) is 0.909. The van der Waals surface area contributed by atoms with Crippen molar-refractivity contribution in [2.45, 2.75) is 33.4 Å². The Morgan fingerprint density at radius 2 is 1.70 bits per heavy atom. The first-order valence-electron chi connectivity index (χ1n) is 6.15. The highest BCUT2D eigenvalue weighted by Crippen LogP contribution is 2.22. The van der Waals surface area contributed by atoms with Gasteiger partial charge in [0.05, 0.1) is 0 Å². The minimum absolute atomic E-state index is 0.108. The summed E-state index contributed by atoms with van der Waals surface area (Å²) in [6, 6.07) is 5.79. The van der Waals surface area contributed by atoms with E-state index in [0.29, 0.717) is 12.1 Å². The van der Waals surface area contributed by atoms with Crippen LogP contribution in [0.2, 0.25) is 0 Å². The summed E-state index contributed by atoms with van der Waals surface area (Å²) in [5.41, 5.74) is 0.401. The number of hydrogen-bond acceptors (Lipinski definition) is 2. The smallest absolute Gasteiger partial charge is 0.422 e. The number of carbonyl (C=O) groups is 1. The summed E-state index contributed by atoms with van der Waals surface area (Å²) in [6.07, 6.45) is -4.00. The first-order chi connectivity index (χ1) is 9.05. The van der Waals surface area contributed by atoms with Gasteiger partial charge < -0.3 is 10.1 Å². The van der Waals surface area contributed by atoms with E-state index in [-0.39, 0.29) is 17.1 Å². The lowest BCUT2D eigenvalue weighted by Crippen LogP contribution is -2.20. The minimum atomic E-state index is -4.36. The average molecular weight is 289 g/mol. The van der Waals surface area contributed by atoms with E-state index < -0.39 is 12.8 Å². The van der Waals surface area contributed by atoms with Crippen LogP contribution >= 0.6 is 0 Å². The van der Waals surface area contributed by atoms with E-state index >= 15 is 0 Å². The van der Waals surface area contributed by atoms with Gasteiger partial charge in [0.15, 0.2) is 6.61 Å². The number of carbonyl (C=O) groups excluding carboxylic acids is 1. The van der Waals surface area contributed by atoms with Crippen molar-refractivity contribution in [2.75, 3.05) is 11.9 Å². The fourth-order valence-corrected chi connectivity index (χ4v) is 1.49. The predicted molar refractivity (Wildman–Crippen MR) is 70.7 cm³/mol. The molecule has 0 bridgehead atoms. The molecule has 0 heterocycles. The number of ether oxygens (including phenoxy) is 1. The second-order valence-corrected chi connectivity index (χ2v) is 5.71. The molecule has 20 heavy (non-hydrogen) atoms. The van der Waals surface area contributed by atoms with Crippen molar-refractivity contribution in [3.8, 4) is 5.75 Å². The van der Waals surface area contributed by atoms with Crippen molar-refractivity contribution in [3.05, 3.63) is 24.3 Å². The van der Waals surface area contributed by atoms with Gasteiger partial charge in [0.25, 0.3) is 0 Å². The van der Waals surface area contributed by atoms with Crippen molar-refractivity contribution in [3.63, 3.8) is 0 Å². The Kier molecular flexibility index (Phi) is 5.03. The zero-order valence-electron chi connectivity index (χ0n) is 11.7. The van der Waals surface area contributed by atoms with E-state index in [0.717, 1.165) is 0 Å². The van der Waals surface area contributed by atoms with Gasteiger partial charge in [0.1, 0.15) is 5.75 Å². The molecule has 1 N–H and O–H groups in total. The van der Waals surface area contributed by atoms with Gasteiger partial charge in [-0.3, -0.25) is 4.79 Å².